The highest BCUT2D eigenvalue weighted by molar-refractivity contribution is 9.10. The van der Waals surface area contributed by atoms with E-state index in [1.807, 2.05) is 55.5 Å². The molecule has 0 saturated carbocycles. The van der Waals surface area contributed by atoms with E-state index in [0.717, 1.165) is 21.3 Å². The molecule has 2 aromatic rings. The molecule has 0 aromatic heterocycles. The fourth-order valence-electron chi connectivity index (χ4n) is 2.10. The predicted molar refractivity (Wildman–Crippen MR) is 77.8 cm³/mol. The van der Waals surface area contributed by atoms with Gasteiger partial charge in [0.1, 0.15) is 5.75 Å². The number of methoxy groups -OCH3 is 1. The Morgan fingerprint density at radius 3 is 2.17 bits per heavy atom. The van der Waals surface area contributed by atoms with E-state index in [4.69, 9.17) is 10.5 Å². The first-order valence-electron chi connectivity index (χ1n) is 5.74. The summed E-state index contributed by atoms with van der Waals surface area (Å²) in [7, 11) is 1.66. The average Bonchev–Trinajstić information content (AvgIpc) is 2.39. The molecule has 0 saturated heterocycles. The van der Waals surface area contributed by atoms with E-state index in [-0.39, 0.29) is 0 Å². The van der Waals surface area contributed by atoms with E-state index in [1.54, 1.807) is 7.11 Å². The van der Waals surface area contributed by atoms with E-state index >= 15 is 0 Å². The average molecular weight is 306 g/mol. The van der Waals surface area contributed by atoms with Gasteiger partial charge in [0.2, 0.25) is 0 Å². The van der Waals surface area contributed by atoms with Crippen molar-refractivity contribution < 1.29 is 4.74 Å². The summed E-state index contributed by atoms with van der Waals surface area (Å²) in [6, 6.07) is 15.8. The Morgan fingerprint density at radius 1 is 1.00 bits per heavy atom. The van der Waals surface area contributed by atoms with Gasteiger partial charge in [-0.15, -0.1) is 0 Å². The van der Waals surface area contributed by atoms with E-state index in [1.165, 1.54) is 0 Å². The molecule has 0 radical (unpaired) electrons. The summed E-state index contributed by atoms with van der Waals surface area (Å²) in [4.78, 5) is 0. The Morgan fingerprint density at radius 2 is 1.56 bits per heavy atom. The highest BCUT2D eigenvalue weighted by atomic mass is 79.9. The number of nitrogens with two attached hydrogens (primary N) is 1. The molecule has 0 bridgehead atoms. The minimum atomic E-state index is -0.604. The first-order chi connectivity index (χ1) is 8.57. The smallest absolute Gasteiger partial charge is 0.124 e. The van der Waals surface area contributed by atoms with Crippen LogP contribution in [-0.2, 0) is 5.54 Å². The van der Waals surface area contributed by atoms with E-state index in [2.05, 4.69) is 15.9 Å². The number of ether oxygens (including phenoxy) is 1. The van der Waals surface area contributed by atoms with Gasteiger partial charge in [0.15, 0.2) is 0 Å². The number of hydrogen-bond acceptors (Lipinski definition) is 2. The molecule has 0 aliphatic carbocycles. The van der Waals surface area contributed by atoms with Crippen LogP contribution in [0.15, 0.2) is 53.0 Å². The molecular formula is C15H16BrNO. The van der Waals surface area contributed by atoms with Crippen molar-refractivity contribution >= 4 is 15.9 Å². The molecule has 1 unspecified atom stereocenters. The number of halogens is 1. The predicted octanol–water partition coefficient (Wildman–Crippen LogP) is 3.68. The molecule has 94 valence electrons. The van der Waals surface area contributed by atoms with Crippen LogP contribution in [-0.4, -0.2) is 7.11 Å². The van der Waals surface area contributed by atoms with Crippen molar-refractivity contribution in [2.24, 2.45) is 5.73 Å². The summed E-state index contributed by atoms with van der Waals surface area (Å²) in [6.45, 7) is 1.99. The molecule has 3 heteroatoms. The lowest BCUT2D eigenvalue weighted by atomic mass is 9.85. The van der Waals surface area contributed by atoms with Gasteiger partial charge >= 0.3 is 0 Å². The molecule has 0 amide bonds. The molecule has 2 rings (SSSR count). The summed E-state index contributed by atoms with van der Waals surface area (Å²) >= 11 is 3.56. The van der Waals surface area contributed by atoms with Crippen LogP contribution >= 0.6 is 15.9 Å². The fourth-order valence-corrected chi connectivity index (χ4v) is 2.80. The van der Waals surface area contributed by atoms with Crippen molar-refractivity contribution in [3.05, 3.63) is 64.1 Å². The minimum Gasteiger partial charge on any atom is -0.496 e. The molecule has 18 heavy (non-hydrogen) atoms. The summed E-state index contributed by atoms with van der Waals surface area (Å²) in [5.74, 6) is 0.804. The van der Waals surface area contributed by atoms with Gasteiger partial charge in [0.25, 0.3) is 0 Å². The van der Waals surface area contributed by atoms with Crippen molar-refractivity contribution in [3.8, 4) is 5.75 Å². The van der Waals surface area contributed by atoms with Crippen LogP contribution in [0.3, 0.4) is 0 Å². The lowest BCUT2D eigenvalue weighted by Gasteiger charge is -2.28. The number of para-hydroxylation sites is 1. The summed E-state index contributed by atoms with van der Waals surface area (Å²) in [5, 5.41) is 0. The standard InChI is InChI=1S/C15H16BrNO/c1-15(17,11-7-3-5-9-13(11)16)12-8-4-6-10-14(12)18-2/h3-10H,17H2,1-2H3. The number of hydrogen-bond donors (Lipinski definition) is 1. The van der Waals surface area contributed by atoms with Crippen LogP contribution in [0.4, 0.5) is 0 Å². The molecule has 0 fully saturated rings. The third kappa shape index (κ3) is 2.28. The molecule has 2 nitrogen and oxygen atoms in total. The lowest BCUT2D eigenvalue weighted by molar-refractivity contribution is 0.398. The quantitative estimate of drug-likeness (QED) is 0.939. The Bertz CT molecular complexity index is 552. The van der Waals surface area contributed by atoms with Crippen LogP contribution in [0.25, 0.3) is 0 Å². The highest BCUT2D eigenvalue weighted by Gasteiger charge is 2.28. The molecule has 0 aliphatic rings. The van der Waals surface area contributed by atoms with Gasteiger partial charge < -0.3 is 10.5 Å². The molecule has 0 spiro atoms. The van der Waals surface area contributed by atoms with Gasteiger partial charge in [-0.1, -0.05) is 52.3 Å². The van der Waals surface area contributed by atoms with Crippen LogP contribution in [0.5, 0.6) is 5.75 Å². The maximum Gasteiger partial charge on any atom is 0.124 e. The topological polar surface area (TPSA) is 35.2 Å². The number of rotatable bonds is 3. The molecule has 0 heterocycles. The Hall–Kier alpha value is -1.32. The minimum absolute atomic E-state index is 0.604. The van der Waals surface area contributed by atoms with E-state index in [0.29, 0.717) is 0 Å². The Kier molecular flexibility index (Phi) is 3.73. The van der Waals surface area contributed by atoms with Gasteiger partial charge in [-0.3, -0.25) is 0 Å². The van der Waals surface area contributed by atoms with Crippen LogP contribution in [0, 0.1) is 0 Å². The molecular weight excluding hydrogens is 290 g/mol. The molecule has 2 aromatic carbocycles. The SMILES string of the molecule is COc1ccccc1C(C)(N)c1ccccc1Br. The zero-order valence-electron chi connectivity index (χ0n) is 10.5. The zero-order valence-corrected chi connectivity index (χ0v) is 12.1. The zero-order chi connectivity index (χ0) is 13.2. The van der Waals surface area contributed by atoms with Crippen molar-refractivity contribution in [2.75, 3.05) is 7.11 Å². The van der Waals surface area contributed by atoms with E-state index in [9.17, 15) is 0 Å². The number of benzene rings is 2. The van der Waals surface area contributed by atoms with Crippen LogP contribution in [0.1, 0.15) is 18.1 Å². The first-order valence-corrected chi connectivity index (χ1v) is 6.54. The second kappa shape index (κ2) is 5.12. The maximum absolute atomic E-state index is 6.53. The van der Waals surface area contributed by atoms with Crippen molar-refractivity contribution in [1.82, 2.24) is 0 Å². The van der Waals surface area contributed by atoms with Gasteiger partial charge in [0.05, 0.1) is 12.6 Å². The van der Waals surface area contributed by atoms with Crippen LogP contribution in [0.2, 0.25) is 0 Å². The van der Waals surface area contributed by atoms with Gasteiger partial charge in [-0.25, -0.2) is 0 Å². The molecule has 1 atom stereocenters. The summed E-state index contributed by atoms with van der Waals surface area (Å²) < 4.78 is 6.40. The maximum atomic E-state index is 6.53. The monoisotopic (exact) mass is 305 g/mol. The van der Waals surface area contributed by atoms with Gasteiger partial charge in [-0.2, -0.15) is 0 Å². The Labute approximate surface area is 116 Å². The van der Waals surface area contributed by atoms with Crippen molar-refractivity contribution in [2.45, 2.75) is 12.5 Å². The summed E-state index contributed by atoms with van der Waals surface area (Å²) in [5.41, 5.74) is 7.93. The largest absolute Gasteiger partial charge is 0.496 e. The first kappa shape index (κ1) is 13.1. The second-order valence-corrected chi connectivity index (χ2v) is 5.24. The molecule has 0 aliphatic heterocycles. The van der Waals surface area contributed by atoms with E-state index < -0.39 is 5.54 Å². The Balaban J connectivity index is 2.58. The van der Waals surface area contributed by atoms with Crippen molar-refractivity contribution in [3.63, 3.8) is 0 Å². The highest BCUT2D eigenvalue weighted by Crippen LogP contribution is 2.36. The lowest BCUT2D eigenvalue weighted by Crippen LogP contribution is -2.35. The fraction of sp³-hybridized carbons (Fsp3) is 0.200. The van der Waals surface area contributed by atoms with Gasteiger partial charge in [0, 0.05) is 10.0 Å². The summed E-state index contributed by atoms with van der Waals surface area (Å²) in [6.07, 6.45) is 0. The molecule has 2 N–H and O–H groups in total. The van der Waals surface area contributed by atoms with Crippen LogP contribution < -0.4 is 10.5 Å². The third-order valence-corrected chi connectivity index (χ3v) is 3.79. The van der Waals surface area contributed by atoms with Crippen molar-refractivity contribution in [1.29, 1.82) is 0 Å². The third-order valence-electron chi connectivity index (χ3n) is 3.10. The van der Waals surface area contributed by atoms with Gasteiger partial charge in [-0.05, 0) is 24.6 Å². The normalized spacial score (nSPS) is 14.0. The second-order valence-electron chi connectivity index (χ2n) is 4.38.